The first-order valence-corrected chi connectivity index (χ1v) is 5.46. The lowest BCUT2D eigenvalue weighted by Gasteiger charge is -2.07. The lowest BCUT2D eigenvalue weighted by atomic mass is 10.2. The van der Waals surface area contributed by atoms with E-state index in [4.69, 9.17) is 15.2 Å². The first-order chi connectivity index (χ1) is 7.76. The first kappa shape index (κ1) is 12.9. The molecule has 0 bridgehead atoms. The Morgan fingerprint density at radius 1 is 1.25 bits per heavy atom. The largest absolute Gasteiger partial charge is 0.493 e. The lowest BCUT2D eigenvalue weighted by Crippen LogP contribution is -2.04. The van der Waals surface area contributed by atoms with Gasteiger partial charge < -0.3 is 15.2 Å². The van der Waals surface area contributed by atoms with Crippen molar-refractivity contribution in [3.8, 4) is 5.75 Å². The molecule has 0 aliphatic heterocycles. The van der Waals surface area contributed by atoms with Gasteiger partial charge in [-0.25, -0.2) is 4.39 Å². The average Bonchev–Trinajstić information content (AvgIpc) is 2.28. The fourth-order valence-corrected chi connectivity index (χ4v) is 1.32. The van der Waals surface area contributed by atoms with Gasteiger partial charge in [0.05, 0.1) is 6.61 Å². The van der Waals surface area contributed by atoms with E-state index in [1.165, 1.54) is 12.1 Å². The van der Waals surface area contributed by atoms with E-state index in [-0.39, 0.29) is 5.82 Å². The van der Waals surface area contributed by atoms with Gasteiger partial charge in [0.1, 0.15) is 11.6 Å². The van der Waals surface area contributed by atoms with E-state index in [1.54, 1.807) is 6.07 Å². The van der Waals surface area contributed by atoms with Crippen LogP contribution in [-0.4, -0.2) is 19.8 Å². The number of benzene rings is 1. The molecule has 0 spiro atoms. The molecular weight excluding hydrogens is 209 g/mol. The van der Waals surface area contributed by atoms with Gasteiger partial charge in [-0.15, -0.1) is 0 Å². The maximum Gasteiger partial charge on any atom is 0.127 e. The van der Waals surface area contributed by atoms with Crippen molar-refractivity contribution < 1.29 is 13.9 Å². The monoisotopic (exact) mass is 227 g/mol. The molecule has 1 aromatic carbocycles. The summed E-state index contributed by atoms with van der Waals surface area (Å²) < 4.78 is 23.7. The third-order valence-electron chi connectivity index (χ3n) is 2.07. The summed E-state index contributed by atoms with van der Waals surface area (Å²) in [5.74, 6) is 0.208. The van der Waals surface area contributed by atoms with Crippen LogP contribution in [0.3, 0.4) is 0 Å². The zero-order chi connectivity index (χ0) is 11.8. The van der Waals surface area contributed by atoms with Gasteiger partial charge in [0.15, 0.2) is 0 Å². The number of hydrogen-bond acceptors (Lipinski definition) is 3. The van der Waals surface area contributed by atoms with Gasteiger partial charge >= 0.3 is 0 Å². The molecule has 0 saturated carbocycles. The molecule has 90 valence electrons. The Labute approximate surface area is 95.4 Å². The summed E-state index contributed by atoms with van der Waals surface area (Å²) in [5, 5.41) is 0. The maximum atomic E-state index is 13.1. The van der Waals surface area contributed by atoms with E-state index in [0.717, 1.165) is 12.0 Å². The van der Waals surface area contributed by atoms with Gasteiger partial charge in [-0.3, -0.25) is 0 Å². The summed E-state index contributed by atoms with van der Waals surface area (Å²) in [6.07, 6.45) is 0.794. The molecule has 3 nitrogen and oxygen atoms in total. The summed E-state index contributed by atoms with van der Waals surface area (Å²) in [5.41, 5.74) is 6.18. The highest BCUT2D eigenvalue weighted by Gasteiger charge is 2.00. The fraction of sp³-hybridized carbons (Fsp3) is 0.500. The molecule has 16 heavy (non-hydrogen) atoms. The molecule has 1 rings (SSSR count). The van der Waals surface area contributed by atoms with E-state index in [1.807, 2.05) is 6.92 Å². The molecule has 0 aromatic heterocycles. The maximum absolute atomic E-state index is 13.1. The summed E-state index contributed by atoms with van der Waals surface area (Å²) >= 11 is 0. The smallest absolute Gasteiger partial charge is 0.127 e. The Bertz CT molecular complexity index is 318. The van der Waals surface area contributed by atoms with Crippen molar-refractivity contribution in [1.29, 1.82) is 0 Å². The highest BCUT2D eigenvalue weighted by Crippen LogP contribution is 2.16. The Hall–Kier alpha value is -1.13. The summed E-state index contributed by atoms with van der Waals surface area (Å²) in [7, 11) is 0. The van der Waals surface area contributed by atoms with E-state index < -0.39 is 0 Å². The van der Waals surface area contributed by atoms with Crippen molar-refractivity contribution in [2.24, 2.45) is 5.73 Å². The second-order valence-corrected chi connectivity index (χ2v) is 3.40. The number of halogens is 1. The Morgan fingerprint density at radius 2 is 2.06 bits per heavy atom. The summed E-state index contributed by atoms with van der Waals surface area (Å²) in [6, 6.07) is 4.52. The van der Waals surface area contributed by atoms with Gasteiger partial charge in [-0.2, -0.15) is 0 Å². The molecule has 4 heteroatoms. The van der Waals surface area contributed by atoms with Crippen molar-refractivity contribution in [2.75, 3.05) is 19.8 Å². The van der Waals surface area contributed by atoms with Gasteiger partial charge in [-0.1, -0.05) is 0 Å². The van der Waals surface area contributed by atoms with Gasteiger partial charge in [0.2, 0.25) is 0 Å². The zero-order valence-corrected chi connectivity index (χ0v) is 9.54. The van der Waals surface area contributed by atoms with E-state index in [0.29, 0.717) is 32.1 Å². The molecule has 0 amide bonds. The minimum absolute atomic E-state index is 0.313. The third-order valence-corrected chi connectivity index (χ3v) is 2.07. The van der Waals surface area contributed by atoms with Crippen LogP contribution in [-0.2, 0) is 11.3 Å². The molecule has 0 aliphatic carbocycles. The molecule has 0 heterocycles. The normalized spacial score (nSPS) is 10.4. The van der Waals surface area contributed by atoms with E-state index in [9.17, 15) is 4.39 Å². The quantitative estimate of drug-likeness (QED) is 0.725. The second-order valence-electron chi connectivity index (χ2n) is 3.40. The minimum Gasteiger partial charge on any atom is -0.493 e. The number of nitrogens with two attached hydrogens (primary N) is 1. The van der Waals surface area contributed by atoms with Crippen LogP contribution < -0.4 is 10.5 Å². The van der Waals surface area contributed by atoms with Crippen molar-refractivity contribution in [3.05, 3.63) is 29.6 Å². The molecule has 2 N–H and O–H groups in total. The molecule has 0 fully saturated rings. The average molecular weight is 227 g/mol. The van der Waals surface area contributed by atoms with Crippen molar-refractivity contribution in [2.45, 2.75) is 19.9 Å². The molecular formula is C12H18FNO2. The summed E-state index contributed by atoms with van der Waals surface area (Å²) in [4.78, 5) is 0. The number of rotatable bonds is 7. The SMILES string of the molecule is CCOCCCOc1cc(F)cc(CN)c1. The van der Waals surface area contributed by atoms with Crippen molar-refractivity contribution in [1.82, 2.24) is 0 Å². The second kappa shape index (κ2) is 7.19. The van der Waals surface area contributed by atoms with Crippen LogP contribution in [0.5, 0.6) is 5.75 Å². The predicted molar refractivity (Wildman–Crippen MR) is 60.9 cm³/mol. The van der Waals surface area contributed by atoms with Crippen LogP contribution in [0.25, 0.3) is 0 Å². The van der Waals surface area contributed by atoms with Crippen LogP contribution in [0, 0.1) is 5.82 Å². The highest BCUT2D eigenvalue weighted by molar-refractivity contribution is 5.29. The third kappa shape index (κ3) is 4.59. The van der Waals surface area contributed by atoms with Gasteiger partial charge in [-0.05, 0) is 24.6 Å². The van der Waals surface area contributed by atoms with Crippen molar-refractivity contribution in [3.63, 3.8) is 0 Å². The van der Waals surface area contributed by atoms with Crippen molar-refractivity contribution >= 4 is 0 Å². The molecule has 0 atom stereocenters. The Morgan fingerprint density at radius 3 is 2.75 bits per heavy atom. The highest BCUT2D eigenvalue weighted by atomic mass is 19.1. The Balaban J connectivity index is 2.38. The van der Waals surface area contributed by atoms with Crippen LogP contribution >= 0.6 is 0 Å². The van der Waals surface area contributed by atoms with E-state index in [2.05, 4.69) is 0 Å². The van der Waals surface area contributed by atoms with Crippen LogP contribution in [0.1, 0.15) is 18.9 Å². The fourth-order valence-electron chi connectivity index (χ4n) is 1.32. The number of hydrogen-bond donors (Lipinski definition) is 1. The van der Waals surface area contributed by atoms with Crippen LogP contribution in [0.4, 0.5) is 4.39 Å². The number of ether oxygens (including phenoxy) is 2. The standard InChI is InChI=1S/C12H18FNO2/c1-2-15-4-3-5-16-12-7-10(9-14)6-11(13)8-12/h6-8H,2-5,9,14H2,1H3. The van der Waals surface area contributed by atoms with E-state index >= 15 is 0 Å². The van der Waals surface area contributed by atoms with Crippen LogP contribution in [0.15, 0.2) is 18.2 Å². The molecule has 0 saturated heterocycles. The van der Waals surface area contributed by atoms with Crippen LogP contribution in [0.2, 0.25) is 0 Å². The predicted octanol–water partition coefficient (Wildman–Crippen LogP) is 2.09. The lowest BCUT2D eigenvalue weighted by molar-refractivity contribution is 0.131. The molecule has 0 unspecified atom stereocenters. The molecule has 1 aromatic rings. The topological polar surface area (TPSA) is 44.5 Å². The Kier molecular flexibility index (Phi) is 5.82. The first-order valence-electron chi connectivity index (χ1n) is 5.46. The zero-order valence-electron chi connectivity index (χ0n) is 9.54. The summed E-state index contributed by atoms with van der Waals surface area (Å²) in [6.45, 7) is 4.15. The van der Waals surface area contributed by atoms with Gasteiger partial charge in [0, 0.05) is 32.2 Å². The molecule has 0 aliphatic rings. The van der Waals surface area contributed by atoms with Gasteiger partial charge in [0.25, 0.3) is 0 Å². The molecule has 0 radical (unpaired) electrons. The minimum atomic E-state index is -0.317.